The van der Waals surface area contributed by atoms with Gasteiger partial charge in [0.1, 0.15) is 0 Å². The number of hydrogen-bond donors (Lipinski definition) is 2. The van der Waals surface area contributed by atoms with Crippen LogP contribution in [0.4, 0.5) is 0 Å². The Kier molecular flexibility index (Phi) is 7.34. The standard InChI is InChI=1S/C18H33N3O2/c1-3-10-19-18(23)15-8-11-21(12-9-15)13-17(22)20-16-7-5-4-6-14(16)2/h14-16H,3-13H2,1-2H3,(H,19,23)(H,20,22). The molecule has 2 rings (SSSR count). The first kappa shape index (κ1) is 18.2. The summed E-state index contributed by atoms with van der Waals surface area (Å²) in [7, 11) is 0. The van der Waals surface area contributed by atoms with Gasteiger partial charge in [0.2, 0.25) is 11.8 Å². The van der Waals surface area contributed by atoms with E-state index in [4.69, 9.17) is 0 Å². The molecule has 1 aliphatic heterocycles. The van der Waals surface area contributed by atoms with Gasteiger partial charge in [-0.1, -0.05) is 26.7 Å². The average Bonchev–Trinajstić information content (AvgIpc) is 2.55. The summed E-state index contributed by atoms with van der Waals surface area (Å²) in [4.78, 5) is 26.4. The Hall–Kier alpha value is -1.10. The number of carbonyl (C=O) groups is 2. The van der Waals surface area contributed by atoms with E-state index >= 15 is 0 Å². The van der Waals surface area contributed by atoms with Gasteiger partial charge < -0.3 is 10.6 Å². The molecule has 132 valence electrons. The Morgan fingerprint density at radius 2 is 1.78 bits per heavy atom. The molecule has 0 radical (unpaired) electrons. The van der Waals surface area contributed by atoms with Crippen LogP contribution in [0.15, 0.2) is 0 Å². The summed E-state index contributed by atoms with van der Waals surface area (Å²) < 4.78 is 0. The zero-order chi connectivity index (χ0) is 16.7. The van der Waals surface area contributed by atoms with Gasteiger partial charge in [-0.15, -0.1) is 0 Å². The molecule has 2 amide bonds. The van der Waals surface area contributed by atoms with Crippen molar-refractivity contribution in [3.63, 3.8) is 0 Å². The van der Waals surface area contributed by atoms with Crippen molar-refractivity contribution in [2.45, 2.75) is 64.8 Å². The maximum absolute atomic E-state index is 12.2. The normalized spacial score (nSPS) is 26.7. The van der Waals surface area contributed by atoms with Crippen LogP contribution in [-0.4, -0.2) is 48.9 Å². The van der Waals surface area contributed by atoms with Gasteiger partial charge in [0.15, 0.2) is 0 Å². The molecule has 2 aliphatic rings. The number of hydrogen-bond acceptors (Lipinski definition) is 3. The number of likely N-dealkylation sites (tertiary alicyclic amines) is 1. The largest absolute Gasteiger partial charge is 0.356 e. The van der Waals surface area contributed by atoms with Crippen molar-refractivity contribution in [2.75, 3.05) is 26.2 Å². The first-order valence-electron chi connectivity index (χ1n) is 9.39. The minimum absolute atomic E-state index is 0.124. The molecule has 1 saturated carbocycles. The zero-order valence-electron chi connectivity index (χ0n) is 14.8. The Morgan fingerprint density at radius 1 is 1.09 bits per heavy atom. The lowest BCUT2D eigenvalue weighted by atomic mass is 9.86. The van der Waals surface area contributed by atoms with Crippen molar-refractivity contribution in [2.24, 2.45) is 11.8 Å². The molecule has 0 aromatic rings. The Bertz CT molecular complexity index is 392. The monoisotopic (exact) mass is 323 g/mol. The van der Waals surface area contributed by atoms with Gasteiger partial charge in [0.25, 0.3) is 0 Å². The van der Waals surface area contributed by atoms with Gasteiger partial charge in [0.05, 0.1) is 6.54 Å². The Balaban J connectivity index is 1.67. The van der Waals surface area contributed by atoms with Crippen LogP contribution in [0.3, 0.4) is 0 Å². The van der Waals surface area contributed by atoms with Crippen LogP contribution in [0, 0.1) is 11.8 Å². The molecule has 0 aromatic heterocycles. The van der Waals surface area contributed by atoms with Gasteiger partial charge in [-0.05, 0) is 51.1 Å². The molecule has 5 nitrogen and oxygen atoms in total. The lowest BCUT2D eigenvalue weighted by Crippen LogP contribution is -2.48. The topological polar surface area (TPSA) is 61.4 Å². The Labute approximate surface area is 140 Å². The van der Waals surface area contributed by atoms with Crippen LogP contribution in [-0.2, 0) is 9.59 Å². The van der Waals surface area contributed by atoms with Crippen molar-refractivity contribution in [3.8, 4) is 0 Å². The van der Waals surface area contributed by atoms with Gasteiger partial charge in [-0.2, -0.15) is 0 Å². The van der Waals surface area contributed by atoms with E-state index in [1.54, 1.807) is 0 Å². The summed E-state index contributed by atoms with van der Waals surface area (Å²) in [6, 6.07) is 0.355. The average molecular weight is 323 g/mol. The molecule has 0 aromatic carbocycles. The number of amides is 2. The highest BCUT2D eigenvalue weighted by Crippen LogP contribution is 2.23. The van der Waals surface area contributed by atoms with E-state index in [9.17, 15) is 9.59 Å². The second-order valence-corrected chi connectivity index (χ2v) is 7.28. The summed E-state index contributed by atoms with van der Waals surface area (Å²) in [5.41, 5.74) is 0. The molecule has 2 unspecified atom stereocenters. The fourth-order valence-corrected chi connectivity index (χ4v) is 3.73. The van der Waals surface area contributed by atoms with E-state index < -0.39 is 0 Å². The van der Waals surface area contributed by atoms with Gasteiger partial charge >= 0.3 is 0 Å². The molecular weight excluding hydrogens is 290 g/mol. The molecular formula is C18H33N3O2. The summed E-state index contributed by atoms with van der Waals surface area (Å²) in [6.45, 7) is 7.24. The number of nitrogens with zero attached hydrogens (tertiary/aromatic N) is 1. The van der Waals surface area contributed by atoms with E-state index in [1.807, 2.05) is 0 Å². The van der Waals surface area contributed by atoms with Crippen LogP contribution in [0.1, 0.15) is 58.8 Å². The fourth-order valence-electron chi connectivity index (χ4n) is 3.73. The van der Waals surface area contributed by atoms with Crippen molar-refractivity contribution in [1.82, 2.24) is 15.5 Å². The Morgan fingerprint density at radius 3 is 2.43 bits per heavy atom. The number of nitrogens with one attached hydrogen (secondary N) is 2. The molecule has 2 fully saturated rings. The SMILES string of the molecule is CCCNC(=O)C1CCN(CC(=O)NC2CCCCC2C)CC1. The third kappa shape index (κ3) is 5.79. The molecule has 1 saturated heterocycles. The predicted molar refractivity (Wildman–Crippen MR) is 92.0 cm³/mol. The molecule has 1 aliphatic carbocycles. The van der Waals surface area contributed by atoms with E-state index in [1.165, 1.54) is 19.3 Å². The van der Waals surface area contributed by atoms with Crippen LogP contribution in [0.5, 0.6) is 0 Å². The summed E-state index contributed by atoms with van der Waals surface area (Å²) in [5.74, 6) is 1.06. The second-order valence-electron chi connectivity index (χ2n) is 7.28. The minimum Gasteiger partial charge on any atom is -0.356 e. The first-order valence-corrected chi connectivity index (χ1v) is 9.39. The summed E-state index contributed by atoms with van der Waals surface area (Å²) in [6.07, 6.45) is 7.57. The molecule has 0 bridgehead atoms. The van der Waals surface area contributed by atoms with Gasteiger partial charge in [-0.25, -0.2) is 0 Å². The summed E-state index contributed by atoms with van der Waals surface area (Å²) in [5, 5.41) is 6.20. The van der Waals surface area contributed by atoms with E-state index in [0.717, 1.165) is 45.3 Å². The van der Waals surface area contributed by atoms with Crippen LogP contribution < -0.4 is 10.6 Å². The molecule has 5 heteroatoms. The van der Waals surface area contributed by atoms with Crippen molar-refractivity contribution < 1.29 is 9.59 Å². The lowest BCUT2D eigenvalue weighted by molar-refractivity contribution is -0.127. The van der Waals surface area contributed by atoms with Crippen molar-refractivity contribution in [1.29, 1.82) is 0 Å². The molecule has 2 atom stereocenters. The highest BCUT2D eigenvalue weighted by atomic mass is 16.2. The highest BCUT2D eigenvalue weighted by molar-refractivity contribution is 5.79. The van der Waals surface area contributed by atoms with Crippen LogP contribution in [0.2, 0.25) is 0 Å². The first-order chi connectivity index (χ1) is 11.1. The maximum Gasteiger partial charge on any atom is 0.234 e. The second kappa shape index (κ2) is 9.26. The van der Waals surface area contributed by atoms with Gasteiger partial charge in [-0.3, -0.25) is 14.5 Å². The number of carbonyl (C=O) groups excluding carboxylic acids is 2. The predicted octanol–water partition coefficient (Wildman–Crippen LogP) is 1.92. The number of piperidine rings is 1. The molecule has 23 heavy (non-hydrogen) atoms. The van der Waals surface area contributed by atoms with Crippen LogP contribution >= 0.6 is 0 Å². The molecule has 2 N–H and O–H groups in total. The van der Waals surface area contributed by atoms with E-state index in [0.29, 0.717) is 18.5 Å². The smallest absolute Gasteiger partial charge is 0.234 e. The maximum atomic E-state index is 12.2. The highest BCUT2D eigenvalue weighted by Gasteiger charge is 2.27. The quantitative estimate of drug-likeness (QED) is 0.785. The van der Waals surface area contributed by atoms with E-state index in [-0.39, 0.29) is 17.7 Å². The number of rotatable bonds is 6. The summed E-state index contributed by atoms with van der Waals surface area (Å²) >= 11 is 0. The molecule has 0 spiro atoms. The minimum atomic E-state index is 0.124. The lowest BCUT2D eigenvalue weighted by Gasteiger charge is -2.33. The third-order valence-electron chi connectivity index (χ3n) is 5.33. The van der Waals surface area contributed by atoms with Gasteiger partial charge in [0, 0.05) is 18.5 Å². The zero-order valence-corrected chi connectivity index (χ0v) is 14.8. The van der Waals surface area contributed by atoms with Crippen LogP contribution in [0.25, 0.3) is 0 Å². The third-order valence-corrected chi connectivity index (χ3v) is 5.33. The van der Waals surface area contributed by atoms with Crippen molar-refractivity contribution in [3.05, 3.63) is 0 Å². The fraction of sp³-hybridized carbons (Fsp3) is 0.889. The molecule has 1 heterocycles. The van der Waals surface area contributed by atoms with Crippen molar-refractivity contribution >= 4 is 11.8 Å². The van der Waals surface area contributed by atoms with E-state index in [2.05, 4.69) is 29.4 Å².